The lowest BCUT2D eigenvalue weighted by atomic mass is 10.1. The van der Waals surface area contributed by atoms with Crippen LogP contribution >= 0.6 is 11.6 Å². The number of nitrogens with one attached hydrogen (secondary N) is 1. The van der Waals surface area contributed by atoms with Gasteiger partial charge in [0, 0.05) is 16.8 Å². The summed E-state index contributed by atoms with van der Waals surface area (Å²) < 4.78 is 4.59. The van der Waals surface area contributed by atoms with E-state index in [2.05, 4.69) is 15.0 Å². The minimum atomic E-state index is -0.586. The highest BCUT2D eigenvalue weighted by Crippen LogP contribution is 2.18. The largest absolute Gasteiger partial charge is 0.464 e. The Morgan fingerprint density at radius 1 is 1.27 bits per heavy atom. The van der Waals surface area contributed by atoms with Crippen molar-refractivity contribution in [1.29, 1.82) is 0 Å². The van der Waals surface area contributed by atoms with E-state index in [0.717, 1.165) is 5.56 Å². The summed E-state index contributed by atoms with van der Waals surface area (Å²) in [6.45, 7) is 1.85. The molecule has 0 radical (unpaired) electrons. The molecule has 1 unspecified atom stereocenters. The third-order valence-corrected chi connectivity index (χ3v) is 3.35. The third kappa shape index (κ3) is 3.83. The van der Waals surface area contributed by atoms with Crippen molar-refractivity contribution in [2.75, 3.05) is 7.11 Å². The fraction of sp³-hybridized carbons (Fsp3) is 0.188. The fourth-order valence-corrected chi connectivity index (χ4v) is 2.13. The first kappa shape index (κ1) is 16.0. The molecular formula is C16H15ClN2O3. The van der Waals surface area contributed by atoms with Gasteiger partial charge in [-0.05, 0) is 36.8 Å². The molecule has 0 saturated carbocycles. The van der Waals surface area contributed by atoms with Crippen molar-refractivity contribution in [2.45, 2.75) is 13.0 Å². The molecule has 1 atom stereocenters. The van der Waals surface area contributed by atoms with Gasteiger partial charge in [-0.3, -0.25) is 4.79 Å². The molecular weight excluding hydrogens is 304 g/mol. The van der Waals surface area contributed by atoms with E-state index < -0.39 is 5.97 Å². The van der Waals surface area contributed by atoms with Gasteiger partial charge in [0.1, 0.15) is 5.69 Å². The van der Waals surface area contributed by atoms with Crippen molar-refractivity contribution < 1.29 is 14.3 Å². The van der Waals surface area contributed by atoms with Gasteiger partial charge in [-0.15, -0.1) is 0 Å². The Morgan fingerprint density at radius 2 is 2.05 bits per heavy atom. The zero-order valence-electron chi connectivity index (χ0n) is 12.2. The molecule has 22 heavy (non-hydrogen) atoms. The summed E-state index contributed by atoms with van der Waals surface area (Å²) in [4.78, 5) is 27.6. The number of nitrogens with zero attached hydrogens (tertiary/aromatic N) is 1. The number of benzene rings is 1. The molecule has 1 aromatic heterocycles. The first-order valence-corrected chi connectivity index (χ1v) is 6.99. The van der Waals surface area contributed by atoms with Crippen LogP contribution in [0.3, 0.4) is 0 Å². The maximum Gasteiger partial charge on any atom is 0.356 e. The van der Waals surface area contributed by atoms with Gasteiger partial charge < -0.3 is 10.1 Å². The molecule has 1 aromatic carbocycles. The van der Waals surface area contributed by atoms with Crippen molar-refractivity contribution in [3.05, 3.63) is 64.4 Å². The minimum Gasteiger partial charge on any atom is -0.464 e. The number of carbonyl (C=O) groups excluding carboxylic acids is 2. The van der Waals surface area contributed by atoms with Crippen molar-refractivity contribution in [1.82, 2.24) is 10.3 Å². The van der Waals surface area contributed by atoms with Crippen LogP contribution in [0.1, 0.15) is 39.4 Å². The molecule has 1 heterocycles. The van der Waals surface area contributed by atoms with Gasteiger partial charge in [-0.2, -0.15) is 0 Å². The van der Waals surface area contributed by atoms with Crippen LogP contribution in [0, 0.1) is 0 Å². The van der Waals surface area contributed by atoms with Crippen LogP contribution in [0.25, 0.3) is 0 Å². The number of rotatable bonds is 4. The van der Waals surface area contributed by atoms with E-state index in [0.29, 0.717) is 10.6 Å². The molecule has 0 aliphatic rings. The second-order valence-electron chi connectivity index (χ2n) is 4.67. The smallest absolute Gasteiger partial charge is 0.356 e. The lowest BCUT2D eigenvalue weighted by Gasteiger charge is -2.14. The average molecular weight is 319 g/mol. The predicted molar refractivity (Wildman–Crippen MR) is 82.9 cm³/mol. The number of hydrogen-bond acceptors (Lipinski definition) is 4. The molecule has 114 valence electrons. The number of pyridine rings is 1. The summed E-state index contributed by atoms with van der Waals surface area (Å²) in [5, 5.41) is 3.45. The summed E-state index contributed by atoms with van der Waals surface area (Å²) in [6.07, 6.45) is 1.39. The van der Waals surface area contributed by atoms with Gasteiger partial charge in [0.05, 0.1) is 13.2 Å². The lowest BCUT2D eigenvalue weighted by Crippen LogP contribution is -2.27. The van der Waals surface area contributed by atoms with Crippen molar-refractivity contribution >= 4 is 23.5 Å². The average Bonchev–Trinajstić information content (AvgIpc) is 2.54. The highest BCUT2D eigenvalue weighted by atomic mass is 35.5. The molecule has 0 saturated heterocycles. The number of methoxy groups -OCH3 is 1. The molecule has 6 heteroatoms. The Morgan fingerprint density at radius 3 is 2.73 bits per heavy atom. The van der Waals surface area contributed by atoms with Crippen LogP contribution < -0.4 is 5.32 Å². The maximum atomic E-state index is 12.3. The fourth-order valence-electron chi connectivity index (χ4n) is 1.93. The molecule has 0 fully saturated rings. The van der Waals surface area contributed by atoms with Crippen LogP contribution in [0.4, 0.5) is 0 Å². The van der Waals surface area contributed by atoms with Crippen LogP contribution in [-0.4, -0.2) is 24.0 Å². The van der Waals surface area contributed by atoms with E-state index in [1.165, 1.54) is 25.4 Å². The quantitative estimate of drug-likeness (QED) is 0.880. The van der Waals surface area contributed by atoms with E-state index in [9.17, 15) is 9.59 Å². The Bertz CT molecular complexity index is 703. The van der Waals surface area contributed by atoms with Gasteiger partial charge in [-0.1, -0.05) is 23.7 Å². The Balaban J connectivity index is 2.13. The van der Waals surface area contributed by atoms with Crippen molar-refractivity contribution in [2.24, 2.45) is 0 Å². The molecule has 2 rings (SSSR count). The summed E-state index contributed by atoms with van der Waals surface area (Å²) in [6, 6.07) is 9.97. The van der Waals surface area contributed by atoms with Gasteiger partial charge in [0.25, 0.3) is 5.91 Å². The standard InChI is InChI=1S/C16H15ClN2O3/c1-10(11-4-3-5-13(17)8-11)19-15(20)12-6-7-18-14(9-12)16(21)22-2/h3-10H,1-2H3,(H,19,20). The van der Waals surface area contributed by atoms with Crippen LogP contribution in [0.5, 0.6) is 0 Å². The van der Waals surface area contributed by atoms with Gasteiger partial charge in [0.15, 0.2) is 0 Å². The van der Waals surface area contributed by atoms with Crippen molar-refractivity contribution in [3.63, 3.8) is 0 Å². The maximum absolute atomic E-state index is 12.3. The second kappa shape index (κ2) is 7.04. The molecule has 5 nitrogen and oxygen atoms in total. The number of esters is 1. The SMILES string of the molecule is COC(=O)c1cc(C(=O)NC(C)c2cccc(Cl)c2)ccn1. The van der Waals surface area contributed by atoms with Crippen LogP contribution in [0.15, 0.2) is 42.6 Å². The molecule has 0 aliphatic carbocycles. The molecule has 2 aromatic rings. The summed E-state index contributed by atoms with van der Waals surface area (Å²) in [5.74, 6) is -0.891. The zero-order valence-corrected chi connectivity index (χ0v) is 12.9. The van der Waals surface area contributed by atoms with E-state index in [1.807, 2.05) is 19.1 Å². The number of hydrogen-bond donors (Lipinski definition) is 1. The third-order valence-electron chi connectivity index (χ3n) is 3.11. The van der Waals surface area contributed by atoms with Crippen LogP contribution in [0.2, 0.25) is 5.02 Å². The van der Waals surface area contributed by atoms with Crippen LogP contribution in [-0.2, 0) is 4.74 Å². The molecule has 0 spiro atoms. The zero-order chi connectivity index (χ0) is 16.1. The van der Waals surface area contributed by atoms with Gasteiger partial charge in [-0.25, -0.2) is 9.78 Å². The summed E-state index contributed by atoms with van der Waals surface area (Å²) >= 11 is 5.94. The number of aromatic nitrogens is 1. The molecule has 1 N–H and O–H groups in total. The Hall–Kier alpha value is -2.40. The Labute approximate surface area is 133 Å². The highest BCUT2D eigenvalue weighted by molar-refractivity contribution is 6.30. The monoisotopic (exact) mass is 318 g/mol. The molecule has 0 bridgehead atoms. The normalized spacial score (nSPS) is 11.6. The first-order chi connectivity index (χ1) is 10.5. The number of ether oxygens (including phenoxy) is 1. The van der Waals surface area contributed by atoms with E-state index >= 15 is 0 Å². The number of amides is 1. The van der Waals surface area contributed by atoms with Gasteiger partial charge >= 0.3 is 5.97 Å². The highest BCUT2D eigenvalue weighted by Gasteiger charge is 2.14. The van der Waals surface area contributed by atoms with E-state index in [1.54, 1.807) is 12.1 Å². The first-order valence-electron chi connectivity index (χ1n) is 6.62. The second-order valence-corrected chi connectivity index (χ2v) is 5.11. The van der Waals surface area contributed by atoms with E-state index in [4.69, 9.17) is 11.6 Å². The topological polar surface area (TPSA) is 68.3 Å². The molecule has 1 amide bonds. The predicted octanol–water partition coefficient (Wildman–Crippen LogP) is 3.01. The van der Waals surface area contributed by atoms with Gasteiger partial charge in [0.2, 0.25) is 0 Å². The lowest BCUT2D eigenvalue weighted by molar-refractivity contribution is 0.0594. The number of carbonyl (C=O) groups is 2. The number of halogens is 1. The Kier molecular flexibility index (Phi) is 5.12. The van der Waals surface area contributed by atoms with Crippen molar-refractivity contribution in [3.8, 4) is 0 Å². The van der Waals surface area contributed by atoms with E-state index in [-0.39, 0.29) is 17.6 Å². The summed E-state index contributed by atoms with van der Waals surface area (Å²) in [7, 11) is 1.26. The summed E-state index contributed by atoms with van der Waals surface area (Å²) in [5.41, 5.74) is 1.32. The molecule has 0 aliphatic heterocycles. The minimum absolute atomic E-state index is 0.0885.